The van der Waals surface area contributed by atoms with Crippen molar-refractivity contribution in [3.63, 3.8) is 0 Å². The number of piperidine rings is 1. The monoisotopic (exact) mass is 285 g/mol. The van der Waals surface area contributed by atoms with E-state index in [-0.39, 0.29) is 5.60 Å². The lowest BCUT2D eigenvalue weighted by Gasteiger charge is -2.35. The Kier molecular flexibility index (Phi) is 4.71. The molecule has 0 bridgehead atoms. The normalized spacial score (nSPS) is 33.0. The van der Waals surface area contributed by atoms with Crippen molar-refractivity contribution in [1.29, 1.82) is 0 Å². The lowest BCUT2D eigenvalue weighted by atomic mass is 9.83. The molecule has 0 radical (unpaired) electrons. The fourth-order valence-electron chi connectivity index (χ4n) is 4.20. The lowest BCUT2D eigenvalue weighted by Crippen LogP contribution is -2.40. The van der Waals surface area contributed by atoms with Gasteiger partial charge >= 0.3 is 0 Å². The van der Waals surface area contributed by atoms with E-state index in [4.69, 9.17) is 16.3 Å². The van der Waals surface area contributed by atoms with Crippen molar-refractivity contribution < 1.29 is 4.74 Å². The zero-order valence-electron chi connectivity index (χ0n) is 12.1. The van der Waals surface area contributed by atoms with Gasteiger partial charge in [0, 0.05) is 12.4 Å². The number of nitrogens with zero attached hydrogens (tertiary/aromatic N) is 1. The summed E-state index contributed by atoms with van der Waals surface area (Å²) in [5.41, 5.74) is 0.289. The maximum absolute atomic E-state index is 6.48. The van der Waals surface area contributed by atoms with E-state index < -0.39 is 0 Å². The molecule has 19 heavy (non-hydrogen) atoms. The average molecular weight is 286 g/mol. The van der Waals surface area contributed by atoms with Gasteiger partial charge in [-0.2, -0.15) is 0 Å². The fraction of sp³-hybridized carbons (Fsp3) is 1.00. The molecule has 1 saturated carbocycles. The summed E-state index contributed by atoms with van der Waals surface area (Å²) >= 11 is 5.95. The molecule has 2 heterocycles. The first kappa shape index (κ1) is 14.2. The van der Waals surface area contributed by atoms with Crippen molar-refractivity contribution in [2.75, 3.05) is 25.5 Å². The second-order valence-corrected chi connectivity index (χ2v) is 7.23. The van der Waals surface area contributed by atoms with Gasteiger partial charge in [0.05, 0.1) is 11.7 Å². The zero-order valence-corrected chi connectivity index (χ0v) is 12.8. The molecule has 2 saturated heterocycles. The van der Waals surface area contributed by atoms with Gasteiger partial charge in [-0.15, -0.1) is 11.6 Å². The van der Waals surface area contributed by atoms with E-state index in [2.05, 4.69) is 4.90 Å². The van der Waals surface area contributed by atoms with Crippen LogP contribution in [0.1, 0.15) is 57.8 Å². The molecular weight excluding hydrogens is 258 g/mol. The second kappa shape index (κ2) is 6.32. The standard InChI is InChI=1S/C16H28ClNO/c17-12-14-5-10-18(11-6-14)13-15-4-9-16(19-15)7-2-1-3-8-16/h14-15H,1-13H2. The Hall–Kier alpha value is 0.210. The van der Waals surface area contributed by atoms with Crippen LogP contribution in [-0.4, -0.2) is 42.1 Å². The minimum absolute atomic E-state index is 0.289. The lowest BCUT2D eigenvalue weighted by molar-refractivity contribution is -0.0734. The smallest absolute Gasteiger partial charge is 0.0710 e. The molecule has 3 rings (SSSR count). The van der Waals surface area contributed by atoms with E-state index in [1.165, 1.54) is 70.9 Å². The fourth-order valence-corrected chi connectivity index (χ4v) is 4.51. The van der Waals surface area contributed by atoms with Crippen molar-refractivity contribution >= 4 is 11.6 Å². The molecule has 1 unspecified atom stereocenters. The van der Waals surface area contributed by atoms with Crippen molar-refractivity contribution in [3.05, 3.63) is 0 Å². The molecule has 3 fully saturated rings. The quantitative estimate of drug-likeness (QED) is 0.731. The van der Waals surface area contributed by atoms with Crippen LogP contribution in [0, 0.1) is 5.92 Å². The molecule has 1 atom stereocenters. The van der Waals surface area contributed by atoms with Gasteiger partial charge in [-0.25, -0.2) is 0 Å². The Bertz CT molecular complexity index is 282. The summed E-state index contributed by atoms with van der Waals surface area (Å²) in [4.78, 5) is 2.61. The Balaban J connectivity index is 1.44. The molecule has 0 aromatic carbocycles. The molecule has 0 N–H and O–H groups in total. The maximum atomic E-state index is 6.48. The van der Waals surface area contributed by atoms with Crippen LogP contribution in [0.4, 0.5) is 0 Å². The molecule has 0 amide bonds. The second-order valence-electron chi connectivity index (χ2n) is 6.92. The number of likely N-dealkylation sites (tertiary alicyclic amines) is 1. The van der Waals surface area contributed by atoms with E-state index in [0.717, 1.165) is 18.3 Å². The van der Waals surface area contributed by atoms with Crippen LogP contribution in [0.2, 0.25) is 0 Å². The van der Waals surface area contributed by atoms with Crippen molar-refractivity contribution in [2.45, 2.75) is 69.5 Å². The van der Waals surface area contributed by atoms with E-state index in [1.807, 2.05) is 0 Å². The van der Waals surface area contributed by atoms with Gasteiger partial charge in [-0.3, -0.25) is 0 Å². The molecule has 1 aliphatic carbocycles. The third-order valence-electron chi connectivity index (χ3n) is 5.49. The molecular formula is C16H28ClNO. The maximum Gasteiger partial charge on any atom is 0.0710 e. The van der Waals surface area contributed by atoms with Gasteiger partial charge in [0.2, 0.25) is 0 Å². The van der Waals surface area contributed by atoms with E-state index in [9.17, 15) is 0 Å². The van der Waals surface area contributed by atoms with Crippen LogP contribution in [0.25, 0.3) is 0 Å². The van der Waals surface area contributed by atoms with Crippen LogP contribution in [0.5, 0.6) is 0 Å². The Morgan fingerprint density at radius 2 is 1.74 bits per heavy atom. The largest absolute Gasteiger partial charge is 0.370 e. The van der Waals surface area contributed by atoms with E-state index in [0.29, 0.717) is 6.10 Å². The third kappa shape index (κ3) is 3.46. The predicted molar refractivity (Wildman–Crippen MR) is 79.8 cm³/mol. The van der Waals surface area contributed by atoms with E-state index in [1.54, 1.807) is 0 Å². The SMILES string of the molecule is ClCC1CCN(CC2CCC3(CCCCC3)O2)CC1. The molecule has 0 aromatic rings. The highest BCUT2D eigenvalue weighted by Gasteiger charge is 2.41. The van der Waals surface area contributed by atoms with Gasteiger partial charge in [-0.1, -0.05) is 19.3 Å². The van der Waals surface area contributed by atoms with Crippen molar-refractivity contribution in [1.82, 2.24) is 4.90 Å². The number of halogens is 1. The van der Waals surface area contributed by atoms with Crippen molar-refractivity contribution in [2.24, 2.45) is 5.92 Å². The predicted octanol–water partition coefficient (Wildman–Crippen LogP) is 3.82. The Labute approximate surface area is 122 Å². The average Bonchev–Trinajstić information content (AvgIpc) is 2.83. The molecule has 2 aliphatic heterocycles. The van der Waals surface area contributed by atoms with Gasteiger partial charge in [0.15, 0.2) is 0 Å². The van der Waals surface area contributed by atoms with Crippen LogP contribution in [0.3, 0.4) is 0 Å². The van der Waals surface area contributed by atoms with Crippen LogP contribution in [0.15, 0.2) is 0 Å². The number of hydrogen-bond donors (Lipinski definition) is 0. The summed E-state index contributed by atoms with van der Waals surface area (Å²) in [5.74, 6) is 1.60. The molecule has 110 valence electrons. The number of ether oxygens (including phenoxy) is 1. The van der Waals surface area contributed by atoms with Gasteiger partial charge in [0.25, 0.3) is 0 Å². The number of alkyl halides is 1. The van der Waals surface area contributed by atoms with Gasteiger partial charge < -0.3 is 9.64 Å². The van der Waals surface area contributed by atoms with Crippen LogP contribution in [-0.2, 0) is 4.74 Å². The highest BCUT2D eigenvalue weighted by molar-refractivity contribution is 6.18. The first-order valence-corrected chi connectivity index (χ1v) is 8.79. The summed E-state index contributed by atoms with van der Waals surface area (Å²) in [6.45, 7) is 3.62. The molecule has 3 aliphatic rings. The highest BCUT2D eigenvalue weighted by atomic mass is 35.5. The first-order chi connectivity index (χ1) is 9.30. The highest BCUT2D eigenvalue weighted by Crippen LogP contribution is 2.42. The Morgan fingerprint density at radius 1 is 1.00 bits per heavy atom. The molecule has 3 heteroatoms. The third-order valence-corrected chi connectivity index (χ3v) is 5.93. The van der Waals surface area contributed by atoms with E-state index >= 15 is 0 Å². The summed E-state index contributed by atoms with van der Waals surface area (Å²) < 4.78 is 6.48. The van der Waals surface area contributed by atoms with Crippen LogP contribution >= 0.6 is 11.6 Å². The minimum atomic E-state index is 0.289. The molecule has 1 spiro atoms. The Morgan fingerprint density at radius 3 is 2.42 bits per heavy atom. The first-order valence-electron chi connectivity index (χ1n) is 8.26. The molecule has 2 nitrogen and oxygen atoms in total. The van der Waals surface area contributed by atoms with Gasteiger partial charge in [-0.05, 0) is 57.5 Å². The number of hydrogen-bond acceptors (Lipinski definition) is 2. The summed E-state index contributed by atoms with van der Waals surface area (Å²) in [7, 11) is 0. The minimum Gasteiger partial charge on any atom is -0.370 e. The number of rotatable bonds is 3. The zero-order chi connectivity index (χ0) is 13.1. The van der Waals surface area contributed by atoms with Crippen molar-refractivity contribution in [3.8, 4) is 0 Å². The summed E-state index contributed by atoms with van der Waals surface area (Å²) in [6.07, 6.45) is 12.5. The summed E-state index contributed by atoms with van der Waals surface area (Å²) in [6, 6.07) is 0. The molecule has 0 aromatic heterocycles. The topological polar surface area (TPSA) is 12.5 Å². The summed E-state index contributed by atoms with van der Waals surface area (Å²) in [5, 5.41) is 0. The van der Waals surface area contributed by atoms with Crippen LogP contribution < -0.4 is 0 Å². The van der Waals surface area contributed by atoms with Gasteiger partial charge in [0.1, 0.15) is 0 Å².